The second-order valence-corrected chi connectivity index (χ2v) is 8.70. The largest absolute Gasteiger partial charge is 0.356 e. The van der Waals surface area contributed by atoms with E-state index in [9.17, 15) is 4.79 Å². The fourth-order valence-electron chi connectivity index (χ4n) is 4.65. The molecule has 4 rings (SSSR count). The highest BCUT2D eigenvalue weighted by Gasteiger charge is 2.18. The monoisotopic (exact) mass is 422 g/mol. The van der Waals surface area contributed by atoms with Gasteiger partial charge in [0.2, 0.25) is 5.91 Å². The van der Waals surface area contributed by atoms with Crippen molar-refractivity contribution >= 4 is 11.7 Å². The standard InChI is InChI=1S/C24H34N6O/c1-18-21(10-11-24(31)25-13-12-20-8-4-3-5-9-20)19(2)30(28-18)23-16-22(26-17-27-23)29-14-6-7-15-29/h8,16-17H,3-7,9-15H2,1-2H3,(H,25,31). The summed E-state index contributed by atoms with van der Waals surface area (Å²) in [5, 5.41) is 7.80. The average Bonchev–Trinajstić information content (AvgIpc) is 3.42. The van der Waals surface area contributed by atoms with Crippen LogP contribution in [0.5, 0.6) is 0 Å². The number of carbonyl (C=O) groups excluding carboxylic acids is 1. The lowest BCUT2D eigenvalue weighted by molar-refractivity contribution is -0.121. The summed E-state index contributed by atoms with van der Waals surface area (Å²) < 4.78 is 1.89. The van der Waals surface area contributed by atoms with Gasteiger partial charge < -0.3 is 10.2 Å². The summed E-state index contributed by atoms with van der Waals surface area (Å²) in [5.41, 5.74) is 4.63. The molecule has 1 aliphatic heterocycles. The number of amides is 1. The van der Waals surface area contributed by atoms with Gasteiger partial charge in [-0.15, -0.1) is 0 Å². The minimum Gasteiger partial charge on any atom is -0.356 e. The zero-order valence-corrected chi connectivity index (χ0v) is 18.9. The van der Waals surface area contributed by atoms with Gasteiger partial charge in [-0.1, -0.05) is 11.6 Å². The van der Waals surface area contributed by atoms with Gasteiger partial charge in [0.05, 0.1) is 5.69 Å². The maximum Gasteiger partial charge on any atom is 0.220 e. The smallest absolute Gasteiger partial charge is 0.220 e. The summed E-state index contributed by atoms with van der Waals surface area (Å²) in [6, 6.07) is 2.02. The lowest BCUT2D eigenvalue weighted by Gasteiger charge is -2.16. The van der Waals surface area contributed by atoms with Crippen molar-refractivity contribution in [1.29, 1.82) is 0 Å². The molecule has 166 valence electrons. The Morgan fingerprint density at radius 2 is 1.87 bits per heavy atom. The first-order valence-corrected chi connectivity index (χ1v) is 11.7. The first-order valence-electron chi connectivity index (χ1n) is 11.7. The Morgan fingerprint density at radius 1 is 1.06 bits per heavy atom. The molecule has 2 aromatic rings. The van der Waals surface area contributed by atoms with Crippen LogP contribution in [0.2, 0.25) is 0 Å². The third-order valence-corrected chi connectivity index (χ3v) is 6.48. The van der Waals surface area contributed by atoms with Gasteiger partial charge in [-0.2, -0.15) is 5.10 Å². The summed E-state index contributed by atoms with van der Waals surface area (Å²) in [7, 11) is 0. The molecule has 7 heteroatoms. The van der Waals surface area contributed by atoms with Gasteiger partial charge in [0.1, 0.15) is 12.1 Å². The Morgan fingerprint density at radius 3 is 2.65 bits per heavy atom. The van der Waals surface area contributed by atoms with Gasteiger partial charge in [0.25, 0.3) is 0 Å². The van der Waals surface area contributed by atoms with E-state index < -0.39 is 0 Å². The maximum atomic E-state index is 12.4. The van der Waals surface area contributed by atoms with Crippen LogP contribution in [0.15, 0.2) is 24.0 Å². The van der Waals surface area contributed by atoms with Crippen LogP contribution in [-0.4, -0.2) is 45.3 Å². The highest BCUT2D eigenvalue weighted by atomic mass is 16.1. The van der Waals surface area contributed by atoms with Gasteiger partial charge in [-0.05, 0) is 70.8 Å². The van der Waals surface area contributed by atoms with E-state index in [4.69, 9.17) is 5.10 Å². The normalized spacial score (nSPS) is 16.5. The predicted octanol–water partition coefficient (Wildman–Crippen LogP) is 3.82. The average molecular weight is 423 g/mol. The molecule has 1 N–H and O–H groups in total. The Labute approximate surface area is 185 Å². The molecular weight excluding hydrogens is 388 g/mol. The molecule has 0 bridgehead atoms. The second-order valence-electron chi connectivity index (χ2n) is 8.70. The van der Waals surface area contributed by atoms with E-state index in [1.807, 2.05) is 17.7 Å². The first-order chi connectivity index (χ1) is 15.1. The minimum absolute atomic E-state index is 0.112. The number of aromatic nitrogens is 4. The van der Waals surface area contributed by atoms with E-state index in [1.54, 1.807) is 6.33 Å². The molecule has 2 aliphatic rings. The summed E-state index contributed by atoms with van der Waals surface area (Å²) in [6.45, 7) is 6.90. The van der Waals surface area contributed by atoms with E-state index in [1.165, 1.54) is 44.1 Å². The van der Waals surface area contributed by atoms with Crippen LogP contribution < -0.4 is 10.2 Å². The number of rotatable bonds is 8. The molecule has 0 spiro atoms. The summed E-state index contributed by atoms with van der Waals surface area (Å²) >= 11 is 0. The topological polar surface area (TPSA) is 75.9 Å². The number of carbonyl (C=O) groups is 1. The lowest BCUT2D eigenvalue weighted by Crippen LogP contribution is -2.25. The molecule has 0 atom stereocenters. The number of hydrogen-bond donors (Lipinski definition) is 1. The SMILES string of the molecule is Cc1nn(-c2cc(N3CCCC3)ncn2)c(C)c1CCC(=O)NCCC1=CCCCC1. The van der Waals surface area contributed by atoms with Crippen LogP contribution in [0.3, 0.4) is 0 Å². The van der Waals surface area contributed by atoms with Crippen LogP contribution in [0.25, 0.3) is 5.82 Å². The number of allylic oxidation sites excluding steroid dienone is 1. The van der Waals surface area contributed by atoms with Crippen molar-refractivity contribution < 1.29 is 4.79 Å². The van der Waals surface area contributed by atoms with E-state index in [-0.39, 0.29) is 5.91 Å². The molecule has 1 fully saturated rings. The van der Waals surface area contributed by atoms with Crippen molar-refractivity contribution in [2.24, 2.45) is 0 Å². The minimum atomic E-state index is 0.112. The molecule has 0 radical (unpaired) electrons. The zero-order valence-electron chi connectivity index (χ0n) is 18.9. The molecule has 31 heavy (non-hydrogen) atoms. The molecule has 2 aromatic heterocycles. The van der Waals surface area contributed by atoms with E-state index >= 15 is 0 Å². The third kappa shape index (κ3) is 5.32. The molecule has 1 aliphatic carbocycles. The van der Waals surface area contributed by atoms with Gasteiger partial charge in [0.15, 0.2) is 5.82 Å². The van der Waals surface area contributed by atoms with Crippen LogP contribution in [-0.2, 0) is 11.2 Å². The van der Waals surface area contributed by atoms with Crippen LogP contribution in [0, 0.1) is 13.8 Å². The van der Waals surface area contributed by atoms with E-state index in [0.717, 1.165) is 54.6 Å². The molecule has 7 nitrogen and oxygen atoms in total. The fourth-order valence-corrected chi connectivity index (χ4v) is 4.65. The molecule has 1 saturated heterocycles. The third-order valence-electron chi connectivity index (χ3n) is 6.48. The van der Waals surface area contributed by atoms with Crippen molar-refractivity contribution in [1.82, 2.24) is 25.1 Å². The van der Waals surface area contributed by atoms with Crippen molar-refractivity contribution in [3.63, 3.8) is 0 Å². The second kappa shape index (κ2) is 10.1. The maximum absolute atomic E-state index is 12.4. The molecule has 0 unspecified atom stereocenters. The van der Waals surface area contributed by atoms with Gasteiger partial charge >= 0.3 is 0 Å². The quantitative estimate of drug-likeness (QED) is 0.655. The Bertz CT molecular complexity index is 942. The number of anilines is 1. The van der Waals surface area contributed by atoms with Crippen LogP contribution >= 0.6 is 0 Å². The van der Waals surface area contributed by atoms with Crippen molar-refractivity contribution in [2.75, 3.05) is 24.5 Å². The number of nitrogens with one attached hydrogen (secondary N) is 1. The lowest BCUT2D eigenvalue weighted by atomic mass is 9.97. The van der Waals surface area contributed by atoms with Crippen molar-refractivity contribution in [3.8, 4) is 5.82 Å². The fraction of sp³-hybridized carbons (Fsp3) is 0.583. The molecule has 0 saturated carbocycles. The number of nitrogens with zero attached hydrogens (tertiary/aromatic N) is 5. The molecule has 3 heterocycles. The van der Waals surface area contributed by atoms with Gasteiger partial charge in [-0.3, -0.25) is 4.79 Å². The zero-order chi connectivity index (χ0) is 21.6. The van der Waals surface area contributed by atoms with Crippen LogP contribution in [0.4, 0.5) is 5.82 Å². The number of hydrogen-bond acceptors (Lipinski definition) is 5. The van der Waals surface area contributed by atoms with Gasteiger partial charge in [0, 0.05) is 37.8 Å². The van der Waals surface area contributed by atoms with Gasteiger partial charge in [-0.25, -0.2) is 14.6 Å². The predicted molar refractivity (Wildman–Crippen MR) is 123 cm³/mol. The summed E-state index contributed by atoms with van der Waals surface area (Å²) in [5.74, 6) is 1.86. The summed E-state index contributed by atoms with van der Waals surface area (Å²) in [4.78, 5) is 23.6. The molecular formula is C24H34N6O. The Hall–Kier alpha value is -2.70. The Balaban J connectivity index is 1.35. The summed E-state index contributed by atoms with van der Waals surface area (Å²) in [6.07, 6.45) is 13.5. The van der Waals surface area contributed by atoms with Crippen molar-refractivity contribution in [3.05, 3.63) is 41.0 Å². The van der Waals surface area contributed by atoms with E-state index in [2.05, 4.69) is 33.2 Å². The Kier molecular flexibility index (Phi) is 6.99. The van der Waals surface area contributed by atoms with Crippen molar-refractivity contribution in [2.45, 2.75) is 71.6 Å². The highest BCUT2D eigenvalue weighted by molar-refractivity contribution is 5.76. The number of aryl methyl sites for hydroxylation is 1. The molecule has 1 amide bonds. The van der Waals surface area contributed by atoms with E-state index in [0.29, 0.717) is 12.8 Å². The van der Waals surface area contributed by atoms with Crippen LogP contribution in [0.1, 0.15) is 68.3 Å². The highest BCUT2D eigenvalue weighted by Crippen LogP contribution is 2.23. The molecule has 0 aromatic carbocycles. The first kappa shape index (κ1) is 21.5.